The molecule has 3 N–H and O–H groups in total. The molecule has 1 unspecified atom stereocenters. The number of anilines is 1. The smallest absolute Gasteiger partial charge is 0.319 e. The van der Waals surface area contributed by atoms with Crippen molar-refractivity contribution in [3.8, 4) is 0 Å². The molecular weight excluding hydrogens is 212 g/mol. The minimum Gasteiger partial charge on any atom is -0.394 e. The molecule has 0 saturated carbocycles. The summed E-state index contributed by atoms with van der Waals surface area (Å²) in [6.07, 6.45) is 0.681. The van der Waals surface area contributed by atoms with Crippen LogP contribution in [-0.4, -0.2) is 23.3 Å². The number of aliphatic hydroxyl groups excluding tert-OH is 1. The number of aliphatic hydroxyl groups is 1. The number of thiophene rings is 1. The summed E-state index contributed by atoms with van der Waals surface area (Å²) >= 11 is 1.52. The van der Waals surface area contributed by atoms with E-state index in [4.69, 9.17) is 5.11 Å². The van der Waals surface area contributed by atoms with E-state index < -0.39 is 5.54 Å². The van der Waals surface area contributed by atoms with Gasteiger partial charge >= 0.3 is 6.03 Å². The summed E-state index contributed by atoms with van der Waals surface area (Å²) in [5.74, 6) is 0. The lowest BCUT2D eigenvalue weighted by molar-refractivity contribution is 0.172. The first-order valence-corrected chi connectivity index (χ1v) is 5.76. The number of amides is 2. The summed E-state index contributed by atoms with van der Waals surface area (Å²) < 4.78 is 0. The van der Waals surface area contributed by atoms with Crippen molar-refractivity contribution in [2.24, 2.45) is 0 Å². The van der Waals surface area contributed by atoms with Crippen LogP contribution in [0.1, 0.15) is 20.3 Å². The van der Waals surface area contributed by atoms with Gasteiger partial charge in [0.05, 0.1) is 17.8 Å². The molecule has 0 aliphatic carbocycles. The Hall–Kier alpha value is -1.07. The van der Waals surface area contributed by atoms with Crippen LogP contribution in [0.3, 0.4) is 0 Å². The summed E-state index contributed by atoms with van der Waals surface area (Å²) in [7, 11) is 0. The topological polar surface area (TPSA) is 61.4 Å². The minimum atomic E-state index is -0.555. The lowest BCUT2D eigenvalue weighted by Crippen LogP contribution is -2.50. The summed E-state index contributed by atoms with van der Waals surface area (Å²) in [5.41, 5.74) is 0.217. The van der Waals surface area contributed by atoms with E-state index in [1.54, 1.807) is 6.92 Å². The number of hydrogen-bond donors (Lipinski definition) is 3. The Morgan fingerprint density at radius 1 is 1.67 bits per heavy atom. The van der Waals surface area contributed by atoms with Gasteiger partial charge in [-0.2, -0.15) is 11.3 Å². The molecule has 0 saturated heterocycles. The summed E-state index contributed by atoms with van der Waals surface area (Å²) in [5, 5.41) is 18.3. The largest absolute Gasteiger partial charge is 0.394 e. The number of carbonyl (C=O) groups excluding carboxylic acids is 1. The third-order valence-electron chi connectivity index (χ3n) is 2.32. The monoisotopic (exact) mass is 228 g/mol. The van der Waals surface area contributed by atoms with Gasteiger partial charge in [0.2, 0.25) is 0 Å². The zero-order valence-electron chi connectivity index (χ0n) is 8.91. The lowest BCUT2D eigenvalue weighted by Gasteiger charge is -2.27. The summed E-state index contributed by atoms with van der Waals surface area (Å²) in [6, 6.07) is 1.54. The molecule has 0 aromatic carbocycles. The maximum atomic E-state index is 11.5. The van der Waals surface area contributed by atoms with Gasteiger partial charge in [-0.15, -0.1) is 0 Å². The van der Waals surface area contributed by atoms with Gasteiger partial charge in [0, 0.05) is 5.38 Å². The Balaban J connectivity index is 2.49. The standard InChI is InChI=1S/C10H16N2O2S/c1-3-10(2,7-13)12-9(14)11-8-4-5-15-6-8/h4-6,13H,3,7H2,1-2H3,(H2,11,12,14). The first-order valence-electron chi connectivity index (χ1n) is 4.82. The molecule has 1 aromatic rings. The normalized spacial score (nSPS) is 14.3. The molecule has 1 atom stereocenters. The molecule has 0 aliphatic rings. The van der Waals surface area contributed by atoms with Crippen molar-refractivity contribution < 1.29 is 9.90 Å². The van der Waals surface area contributed by atoms with E-state index in [9.17, 15) is 4.79 Å². The molecule has 1 heterocycles. The Kier molecular flexibility index (Phi) is 4.11. The average Bonchev–Trinajstić information content (AvgIpc) is 2.70. The zero-order chi connectivity index (χ0) is 11.3. The third kappa shape index (κ3) is 3.53. The fraction of sp³-hybridized carbons (Fsp3) is 0.500. The predicted molar refractivity (Wildman–Crippen MR) is 62.3 cm³/mol. The van der Waals surface area contributed by atoms with Gasteiger partial charge in [0.15, 0.2) is 0 Å². The molecule has 0 radical (unpaired) electrons. The SMILES string of the molecule is CCC(C)(CO)NC(=O)Nc1ccsc1. The van der Waals surface area contributed by atoms with Crippen LogP contribution in [0.2, 0.25) is 0 Å². The van der Waals surface area contributed by atoms with Gasteiger partial charge in [-0.25, -0.2) is 4.79 Å². The minimum absolute atomic E-state index is 0.0689. The van der Waals surface area contributed by atoms with E-state index in [1.165, 1.54) is 11.3 Å². The average molecular weight is 228 g/mol. The molecule has 1 aromatic heterocycles. The fourth-order valence-electron chi connectivity index (χ4n) is 1.01. The van der Waals surface area contributed by atoms with Crippen LogP contribution in [-0.2, 0) is 0 Å². The molecule has 0 spiro atoms. The number of carbonyl (C=O) groups is 1. The van der Waals surface area contributed by atoms with E-state index in [1.807, 2.05) is 23.8 Å². The zero-order valence-corrected chi connectivity index (χ0v) is 9.73. The Labute approximate surface area is 93.3 Å². The molecule has 0 bridgehead atoms. The molecule has 0 aliphatic heterocycles. The Morgan fingerprint density at radius 2 is 2.40 bits per heavy atom. The molecule has 0 fully saturated rings. The first-order chi connectivity index (χ1) is 7.09. The van der Waals surface area contributed by atoms with Gasteiger partial charge in [0.25, 0.3) is 0 Å². The van der Waals surface area contributed by atoms with Crippen LogP contribution < -0.4 is 10.6 Å². The van der Waals surface area contributed by atoms with Crippen LogP contribution in [0.25, 0.3) is 0 Å². The molecule has 2 amide bonds. The number of nitrogens with one attached hydrogen (secondary N) is 2. The second-order valence-corrected chi connectivity index (χ2v) is 4.44. The molecule has 4 nitrogen and oxygen atoms in total. The van der Waals surface area contributed by atoms with Gasteiger partial charge < -0.3 is 15.7 Å². The van der Waals surface area contributed by atoms with Crippen molar-refractivity contribution in [1.29, 1.82) is 0 Å². The first kappa shape index (κ1) is 12.0. The Bertz CT molecular complexity index is 307. The van der Waals surface area contributed by atoms with Gasteiger partial charge in [-0.05, 0) is 24.8 Å². The van der Waals surface area contributed by atoms with Crippen molar-refractivity contribution in [3.63, 3.8) is 0 Å². The molecule has 1 rings (SSSR count). The van der Waals surface area contributed by atoms with Crippen LogP contribution in [0.15, 0.2) is 16.8 Å². The highest BCUT2D eigenvalue weighted by Crippen LogP contribution is 2.13. The van der Waals surface area contributed by atoms with Crippen LogP contribution in [0.5, 0.6) is 0 Å². The maximum absolute atomic E-state index is 11.5. The van der Waals surface area contributed by atoms with E-state index in [2.05, 4.69) is 10.6 Å². The molecular formula is C10H16N2O2S. The second kappa shape index (κ2) is 5.14. The van der Waals surface area contributed by atoms with Gasteiger partial charge in [-0.3, -0.25) is 0 Å². The van der Waals surface area contributed by atoms with Crippen LogP contribution >= 0.6 is 11.3 Å². The lowest BCUT2D eigenvalue weighted by atomic mass is 10.0. The molecule has 15 heavy (non-hydrogen) atoms. The highest BCUT2D eigenvalue weighted by Gasteiger charge is 2.22. The second-order valence-electron chi connectivity index (χ2n) is 3.66. The van der Waals surface area contributed by atoms with Crippen LogP contribution in [0, 0.1) is 0 Å². The van der Waals surface area contributed by atoms with E-state index in [0.29, 0.717) is 6.42 Å². The quantitative estimate of drug-likeness (QED) is 0.738. The maximum Gasteiger partial charge on any atom is 0.319 e. The third-order valence-corrected chi connectivity index (χ3v) is 3.01. The van der Waals surface area contributed by atoms with E-state index in [0.717, 1.165) is 5.69 Å². The predicted octanol–water partition coefficient (Wildman–Crippen LogP) is 2.03. The van der Waals surface area contributed by atoms with Crippen molar-refractivity contribution in [2.45, 2.75) is 25.8 Å². The summed E-state index contributed by atoms with van der Waals surface area (Å²) in [6.45, 7) is 3.65. The number of urea groups is 1. The fourth-order valence-corrected chi connectivity index (χ4v) is 1.60. The van der Waals surface area contributed by atoms with E-state index in [-0.39, 0.29) is 12.6 Å². The molecule has 84 valence electrons. The summed E-state index contributed by atoms with van der Waals surface area (Å²) in [4.78, 5) is 11.5. The molecule has 5 heteroatoms. The van der Waals surface area contributed by atoms with Gasteiger partial charge in [0.1, 0.15) is 0 Å². The van der Waals surface area contributed by atoms with Crippen molar-refractivity contribution in [2.75, 3.05) is 11.9 Å². The Morgan fingerprint density at radius 3 is 2.87 bits per heavy atom. The number of hydrogen-bond acceptors (Lipinski definition) is 3. The van der Waals surface area contributed by atoms with Crippen LogP contribution in [0.4, 0.5) is 10.5 Å². The van der Waals surface area contributed by atoms with E-state index >= 15 is 0 Å². The van der Waals surface area contributed by atoms with Crippen molar-refractivity contribution in [1.82, 2.24) is 5.32 Å². The van der Waals surface area contributed by atoms with Crippen molar-refractivity contribution >= 4 is 23.1 Å². The number of rotatable bonds is 4. The van der Waals surface area contributed by atoms with Crippen molar-refractivity contribution in [3.05, 3.63) is 16.8 Å². The highest BCUT2D eigenvalue weighted by atomic mass is 32.1. The highest BCUT2D eigenvalue weighted by molar-refractivity contribution is 7.08. The van der Waals surface area contributed by atoms with Gasteiger partial charge in [-0.1, -0.05) is 6.92 Å².